The van der Waals surface area contributed by atoms with Crippen LogP contribution in [0.5, 0.6) is 0 Å². The van der Waals surface area contributed by atoms with Gasteiger partial charge in [-0.1, -0.05) is 44.2 Å². The fourth-order valence-electron chi connectivity index (χ4n) is 7.33. The summed E-state index contributed by atoms with van der Waals surface area (Å²) in [6, 6.07) is 3.58. The summed E-state index contributed by atoms with van der Waals surface area (Å²) >= 11 is 0. The van der Waals surface area contributed by atoms with Gasteiger partial charge in [-0.05, 0) is 68.4 Å². The van der Waals surface area contributed by atoms with E-state index >= 15 is 0 Å². The molecule has 0 bridgehead atoms. The topological polar surface area (TPSA) is 137 Å². The maximum Gasteiger partial charge on any atom is 0.493 e. The van der Waals surface area contributed by atoms with E-state index in [4.69, 9.17) is 5.73 Å². The number of carbonyl (C=O) groups is 4. The molecule has 3 fully saturated rings. The summed E-state index contributed by atoms with van der Waals surface area (Å²) in [5.74, 6) is -4.09. The molecule has 1 unspecified atom stereocenters. The van der Waals surface area contributed by atoms with Crippen molar-refractivity contribution < 1.29 is 37.2 Å². The number of hydroxylamine groups is 2. The largest absolute Gasteiger partial charge is 0.493 e. The highest BCUT2D eigenvalue weighted by Crippen LogP contribution is 2.31. The van der Waals surface area contributed by atoms with Gasteiger partial charge in [0.25, 0.3) is 11.8 Å². The highest BCUT2D eigenvalue weighted by Gasteiger charge is 2.47. The first-order valence-corrected chi connectivity index (χ1v) is 16.3. The summed E-state index contributed by atoms with van der Waals surface area (Å²) in [4.78, 5) is 69.0. The lowest BCUT2D eigenvalue weighted by Gasteiger charge is -2.36. The molecule has 252 valence electrons. The van der Waals surface area contributed by atoms with Gasteiger partial charge in [0.05, 0.1) is 17.1 Å². The van der Waals surface area contributed by atoms with Crippen LogP contribution in [-0.4, -0.2) is 68.1 Å². The minimum absolute atomic E-state index is 0.0903. The number of aromatic nitrogens is 2. The van der Waals surface area contributed by atoms with Crippen LogP contribution in [0.15, 0.2) is 23.0 Å². The van der Waals surface area contributed by atoms with Crippen molar-refractivity contribution in [2.75, 3.05) is 13.1 Å². The molecule has 0 radical (unpaired) electrons. The number of rotatable bonds is 9. The van der Waals surface area contributed by atoms with Crippen LogP contribution in [0.4, 0.5) is 13.2 Å². The molecule has 2 saturated heterocycles. The van der Waals surface area contributed by atoms with Gasteiger partial charge in [0.2, 0.25) is 5.91 Å². The molecule has 1 aromatic heterocycles. The number of likely N-dealkylation sites (tertiary alicyclic amines) is 1. The minimum atomic E-state index is -5.41. The Morgan fingerprint density at radius 1 is 1.00 bits per heavy atom. The second-order valence-electron chi connectivity index (χ2n) is 12.9. The number of nitrogens with two attached hydrogens (primary N) is 1. The lowest BCUT2D eigenvalue weighted by molar-refractivity contribution is -0.238. The molecule has 11 nitrogen and oxygen atoms in total. The Labute approximate surface area is 264 Å². The molecular weight excluding hydrogens is 607 g/mol. The zero-order valence-electron chi connectivity index (χ0n) is 26.1. The van der Waals surface area contributed by atoms with Crippen molar-refractivity contribution in [2.45, 2.75) is 102 Å². The number of para-hydroxylation sites is 1. The van der Waals surface area contributed by atoms with Crippen molar-refractivity contribution in [3.63, 3.8) is 0 Å². The number of alkyl halides is 3. The number of halogens is 3. The van der Waals surface area contributed by atoms with Crippen molar-refractivity contribution in [1.29, 1.82) is 0 Å². The summed E-state index contributed by atoms with van der Waals surface area (Å²) in [6.45, 7) is 1.47. The normalized spacial score (nSPS) is 21.2. The van der Waals surface area contributed by atoms with E-state index in [-0.39, 0.29) is 23.8 Å². The zero-order valence-corrected chi connectivity index (χ0v) is 26.1. The zero-order chi connectivity index (χ0) is 33.2. The predicted molar refractivity (Wildman–Crippen MR) is 161 cm³/mol. The molecule has 5 rings (SSSR count). The Morgan fingerprint density at radius 2 is 1.70 bits per heavy atom. The third-order valence-electron chi connectivity index (χ3n) is 9.92. The van der Waals surface area contributed by atoms with Crippen LogP contribution in [-0.2, 0) is 37.5 Å². The lowest BCUT2D eigenvalue weighted by Crippen LogP contribution is -2.50. The number of hydrogen-bond acceptors (Lipinski definition) is 7. The Balaban J connectivity index is 1.18. The van der Waals surface area contributed by atoms with Crippen LogP contribution in [0, 0.1) is 11.8 Å². The van der Waals surface area contributed by atoms with E-state index < -0.39 is 41.7 Å². The summed E-state index contributed by atoms with van der Waals surface area (Å²) in [5, 5.41) is -0.176. The molecule has 3 amide bonds. The van der Waals surface area contributed by atoms with Crippen LogP contribution in [0.2, 0.25) is 0 Å². The molecule has 2 atom stereocenters. The summed E-state index contributed by atoms with van der Waals surface area (Å²) in [5.41, 5.74) is 7.68. The first kappa shape index (κ1) is 33.7. The van der Waals surface area contributed by atoms with Crippen LogP contribution >= 0.6 is 0 Å². The molecule has 46 heavy (non-hydrogen) atoms. The average molecular weight is 650 g/mol. The molecular formula is C32H42F3N5O6. The monoisotopic (exact) mass is 649 g/mol. The van der Waals surface area contributed by atoms with E-state index in [1.807, 2.05) is 11.0 Å². The third kappa shape index (κ3) is 7.01. The van der Waals surface area contributed by atoms with Gasteiger partial charge >= 0.3 is 17.8 Å². The number of piperidine rings is 2. The van der Waals surface area contributed by atoms with Crippen LogP contribution in [0.3, 0.4) is 0 Å². The van der Waals surface area contributed by atoms with Crippen molar-refractivity contribution >= 4 is 34.7 Å². The molecule has 1 aromatic carbocycles. The first-order valence-electron chi connectivity index (χ1n) is 16.3. The van der Waals surface area contributed by atoms with Crippen molar-refractivity contribution in [1.82, 2.24) is 19.1 Å². The number of carbonyl (C=O) groups excluding carboxylic acids is 4. The van der Waals surface area contributed by atoms with E-state index in [2.05, 4.69) is 4.84 Å². The van der Waals surface area contributed by atoms with Gasteiger partial charge in [-0.2, -0.15) is 13.2 Å². The summed E-state index contributed by atoms with van der Waals surface area (Å²) in [7, 11) is 1.56. The first-order chi connectivity index (χ1) is 21.9. The molecule has 14 heteroatoms. The standard InChI is InChI=1S/C32H42F3N5O6/c1-37-27-22(11-6-5-8-20-16-18-38(19-17-20)29(43)26(36)21-9-3-2-4-10-21)12-7-13-23(27)39(31(37)45)24-14-15-25(41)40(28(24)42)46-30(44)32(33,34)35/h7,12-13,20-21,24,26H,2-6,8-11,14-19,36H2,1H3/t24?,26-/m0/s1. The smallest absolute Gasteiger partial charge is 0.341 e. The fourth-order valence-corrected chi connectivity index (χ4v) is 7.33. The van der Waals surface area contributed by atoms with Gasteiger partial charge in [0, 0.05) is 26.6 Å². The minimum Gasteiger partial charge on any atom is -0.341 e. The second kappa shape index (κ2) is 14.0. The Morgan fingerprint density at radius 3 is 2.37 bits per heavy atom. The number of nitrogens with zero attached hydrogens (tertiary/aromatic N) is 4. The van der Waals surface area contributed by atoms with Crippen molar-refractivity contribution in [2.24, 2.45) is 24.6 Å². The van der Waals surface area contributed by atoms with Gasteiger partial charge in [-0.25, -0.2) is 9.59 Å². The number of hydrogen-bond donors (Lipinski definition) is 1. The van der Waals surface area contributed by atoms with Crippen LogP contribution < -0.4 is 11.4 Å². The molecule has 2 aromatic rings. The predicted octanol–water partition coefficient (Wildman–Crippen LogP) is 3.91. The molecule has 2 N–H and O–H groups in total. The Bertz CT molecular complexity index is 1520. The lowest BCUT2D eigenvalue weighted by atomic mass is 9.83. The number of fused-ring (bicyclic) bond motifs is 1. The molecule has 3 heterocycles. The number of unbranched alkanes of at least 4 members (excludes halogenated alkanes) is 1. The average Bonchev–Trinajstić information content (AvgIpc) is 3.30. The van der Waals surface area contributed by atoms with Gasteiger partial charge in [0.15, 0.2) is 0 Å². The molecule has 1 saturated carbocycles. The fraction of sp³-hybridized carbons (Fsp3) is 0.656. The van der Waals surface area contributed by atoms with E-state index in [1.54, 1.807) is 19.2 Å². The quantitative estimate of drug-likeness (QED) is 0.321. The number of benzene rings is 1. The van der Waals surface area contributed by atoms with Gasteiger partial charge in [0.1, 0.15) is 6.04 Å². The molecule has 3 aliphatic rings. The molecule has 2 aliphatic heterocycles. The summed E-state index contributed by atoms with van der Waals surface area (Å²) in [6.07, 6.45) is 5.06. The van der Waals surface area contributed by atoms with E-state index in [1.165, 1.54) is 11.0 Å². The maximum absolute atomic E-state index is 13.3. The highest BCUT2D eigenvalue weighted by atomic mass is 19.4. The van der Waals surface area contributed by atoms with Crippen molar-refractivity contribution in [3.8, 4) is 0 Å². The van der Waals surface area contributed by atoms with Gasteiger partial charge in [-0.15, -0.1) is 5.06 Å². The van der Waals surface area contributed by atoms with E-state index in [9.17, 15) is 37.1 Å². The Hall–Kier alpha value is -3.68. The van der Waals surface area contributed by atoms with Crippen LogP contribution in [0.1, 0.15) is 88.7 Å². The molecule has 1 aliphatic carbocycles. The number of amides is 3. The maximum atomic E-state index is 13.3. The summed E-state index contributed by atoms with van der Waals surface area (Å²) < 4.78 is 40.8. The highest BCUT2D eigenvalue weighted by molar-refractivity contribution is 6.00. The van der Waals surface area contributed by atoms with Gasteiger partial charge in [-0.3, -0.25) is 23.5 Å². The van der Waals surface area contributed by atoms with Crippen molar-refractivity contribution in [3.05, 3.63) is 34.2 Å². The van der Waals surface area contributed by atoms with E-state index in [0.717, 1.165) is 81.0 Å². The Kier molecular flexibility index (Phi) is 10.2. The number of imide groups is 1. The third-order valence-corrected chi connectivity index (χ3v) is 9.92. The SMILES string of the molecule is Cn1c(=O)n(C2CCC(=O)N(OC(=O)C(F)(F)F)C2=O)c2cccc(CCCCC3CCN(C(=O)[C@@H](N)C4CCCCC4)CC3)c21. The molecule has 0 spiro atoms. The van der Waals surface area contributed by atoms with Gasteiger partial charge < -0.3 is 15.5 Å². The number of imidazole rings is 1. The second-order valence-corrected chi connectivity index (χ2v) is 12.9. The number of aryl methyl sites for hydroxylation is 2. The van der Waals surface area contributed by atoms with Crippen LogP contribution in [0.25, 0.3) is 11.0 Å². The van der Waals surface area contributed by atoms with E-state index in [0.29, 0.717) is 29.3 Å².